The van der Waals surface area contributed by atoms with Crippen molar-refractivity contribution in [3.05, 3.63) is 188 Å². The molecule has 4 heteroatoms. The molecule has 0 aliphatic carbocycles. The van der Waals surface area contributed by atoms with E-state index in [1.54, 1.807) is 0 Å². The van der Waals surface area contributed by atoms with Crippen molar-refractivity contribution in [2.75, 3.05) is 0 Å². The molecule has 10 rings (SSSR count). The van der Waals surface area contributed by atoms with Crippen molar-refractivity contribution in [1.29, 1.82) is 0 Å². The van der Waals surface area contributed by atoms with Gasteiger partial charge in [0, 0.05) is 26.7 Å². The molecule has 51 heavy (non-hydrogen) atoms. The minimum absolute atomic E-state index is 0.842. The average Bonchev–Trinajstić information content (AvgIpc) is 3.61. The zero-order valence-electron chi connectivity index (χ0n) is 27.6. The van der Waals surface area contributed by atoms with Crippen molar-refractivity contribution >= 4 is 72.2 Å². The van der Waals surface area contributed by atoms with Crippen LogP contribution in [0, 0.1) is 0 Å². The van der Waals surface area contributed by atoms with Gasteiger partial charge in [0.2, 0.25) is 0 Å². The number of rotatable bonds is 5. The second-order valence-corrected chi connectivity index (χ2v) is 15.9. The second kappa shape index (κ2) is 11.7. The van der Waals surface area contributed by atoms with Crippen molar-refractivity contribution in [3.63, 3.8) is 0 Å². The molecule has 0 aliphatic heterocycles. The lowest BCUT2D eigenvalue weighted by molar-refractivity contribution is 0.592. The first-order valence-electron chi connectivity index (χ1n) is 17.2. The highest BCUT2D eigenvalue weighted by Crippen LogP contribution is 2.43. The van der Waals surface area contributed by atoms with E-state index in [2.05, 4.69) is 126 Å². The Bertz CT molecular complexity index is 2940. The fraction of sp³-hybridized carbons (Fsp3) is 0. The number of pyridine rings is 1. The molecule has 3 nitrogen and oxygen atoms in total. The van der Waals surface area contributed by atoms with Gasteiger partial charge in [0.25, 0.3) is 0 Å². The topological polar surface area (TPSA) is 34.4 Å². The Labute approximate surface area is 295 Å². The van der Waals surface area contributed by atoms with Gasteiger partial charge < -0.3 is 4.57 Å². The number of nitrogens with zero attached hydrogens (tertiary/aromatic N) is 2. The Balaban J connectivity index is 1.02. The van der Waals surface area contributed by atoms with E-state index >= 15 is 0 Å². The summed E-state index contributed by atoms with van der Waals surface area (Å²) in [4.78, 5) is 5.06. The van der Waals surface area contributed by atoms with E-state index < -0.39 is 7.14 Å². The summed E-state index contributed by atoms with van der Waals surface area (Å²) in [6.07, 6.45) is 0. The standard InChI is InChI=1S/C47H31N2OP/c50-51(38-11-3-1-4-12-38,39-13-5-2-6-14-39)40-27-25-35-29-34(23-24-36(35)30-40)32-19-21-33(22-20-32)37-26-28-42-41-15-7-8-16-43(41)47-48-44-17-9-10-18-45(44)49(47)46(42)31-37/h1-31H. The third-order valence-electron chi connectivity index (χ3n) is 10.2. The first kappa shape index (κ1) is 29.6. The molecule has 2 heterocycles. The summed E-state index contributed by atoms with van der Waals surface area (Å²) >= 11 is 0. The maximum atomic E-state index is 14.9. The van der Waals surface area contributed by atoms with Gasteiger partial charge in [0.15, 0.2) is 7.14 Å². The number of para-hydroxylation sites is 2. The molecule has 0 radical (unpaired) electrons. The molecule has 0 fully saturated rings. The van der Waals surface area contributed by atoms with Gasteiger partial charge in [-0.1, -0.05) is 158 Å². The van der Waals surface area contributed by atoms with E-state index in [0.29, 0.717) is 0 Å². The SMILES string of the molecule is O=P(c1ccccc1)(c1ccccc1)c1ccc2cc(-c3ccc(-c4ccc5c6ccccc6c6nc7ccccc7n6c5c4)cc3)ccc2c1. The lowest BCUT2D eigenvalue weighted by atomic mass is 9.97. The number of aromatic nitrogens is 2. The Hall–Kier alpha value is -6.28. The Kier molecular flexibility index (Phi) is 6.77. The molecule has 2 aromatic heterocycles. The van der Waals surface area contributed by atoms with Crippen LogP contribution in [-0.2, 0) is 4.57 Å². The van der Waals surface area contributed by atoms with Gasteiger partial charge in [-0.2, -0.15) is 0 Å². The van der Waals surface area contributed by atoms with E-state index in [1.807, 2.05) is 66.7 Å². The molecule has 0 aliphatic rings. The third kappa shape index (κ3) is 4.74. The predicted molar refractivity (Wildman–Crippen MR) is 215 cm³/mol. The van der Waals surface area contributed by atoms with Crippen LogP contribution in [0.1, 0.15) is 0 Å². The van der Waals surface area contributed by atoms with Crippen LogP contribution in [0.4, 0.5) is 0 Å². The molecule has 10 aromatic rings. The van der Waals surface area contributed by atoms with Crippen LogP contribution in [0.25, 0.3) is 71.4 Å². The zero-order chi connectivity index (χ0) is 33.9. The van der Waals surface area contributed by atoms with E-state index in [0.717, 1.165) is 76.5 Å². The summed E-state index contributed by atoms with van der Waals surface area (Å²) in [5.41, 5.74) is 8.87. The van der Waals surface area contributed by atoms with Gasteiger partial charge in [-0.05, 0) is 68.7 Å². The van der Waals surface area contributed by atoms with Crippen LogP contribution in [0.2, 0.25) is 0 Å². The second-order valence-electron chi connectivity index (χ2n) is 13.1. The fourth-order valence-electron chi connectivity index (χ4n) is 7.67. The Morgan fingerprint density at radius 3 is 1.67 bits per heavy atom. The van der Waals surface area contributed by atoms with Crippen molar-refractivity contribution in [1.82, 2.24) is 9.38 Å². The van der Waals surface area contributed by atoms with Crippen LogP contribution in [-0.4, -0.2) is 9.38 Å². The van der Waals surface area contributed by atoms with Gasteiger partial charge in [0.05, 0.1) is 16.6 Å². The molecule has 0 unspecified atom stereocenters. The number of hydrogen-bond donors (Lipinski definition) is 0. The minimum Gasteiger partial charge on any atom is -0.309 e. The first-order valence-corrected chi connectivity index (χ1v) is 18.9. The van der Waals surface area contributed by atoms with E-state index in [1.165, 1.54) is 10.8 Å². The van der Waals surface area contributed by atoms with E-state index in [9.17, 15) is 4.57 Å². The highest BCUT2D eigenvalue weighted by atomic mass is 31.2. The number of hydrogen-bond acceptors (Lipinski definition) is 2. The molecular formula is C47H31N2OP. The summed E-state index contributed by atoms with van der Waals surface area (Å²) in [5.74, 6) is 0. The molecule has 0 saturated carbocycles. The summed E-state index contributed by atoms with van der Waals surface area (Å²) in [6, 6.07) is 65.0. The molecule has 0 spiro atoms. The highest BCUT2D eigenvalue weighted by molar-refractivity contribution is 7.85. The number of fused-ring (bicyclic) bond motifs is 9. The summed E-state index contributed by atoms with van der Waals surface area (Å²) < 4.78 is 17.2. The molecule has 0 N–H and O–H groups in total. The van der Waals surface area contributed by atoms with Crippen molar-refractivity contribution in [2.24, 2.45) is 0 Å². The van der Waals surface area contributed by atoms with Crippen molar-refractivity contribution in [2.45, 2.75) is 0 Å². The predicted octanol–water partition coefficient (Wildman–Crippen LogP) is 10.9. The smallest absolute Gasteiger partial charge is 0.171 e. The van der Waals surface area contributed by atoms with Crippen LogP contribution in [0.5, 0.6) is 0 Å². The maximum absolute atomic E-state index is 14.9. The Morgan fingerprint density at radius 2 is 0.941 bits per heavy atom. The largest absolute Gasteiger partial charge is 0.309 e. The fourth-order valence-corrected chi connectivity index (χ4v) is 10.4. The van der Waals surface area contributed by atoms with Crippen molar-refractivity contribution < 1.29 is 4.57 Å². The first-order chi connectivity index (χ1) is 25.1. The molecule has 0 amide bonds. The van der Waals surface area contributed by atoms with Crippen LogP contribution >= 0.6 is 7.14 Å². The maximum Gasteiger partial charge on any atom is 0.171 e. The van der Waals surface area contributed by atoms with Crippen LogP contribution in [0.15, 0.2) is 188 Å². The molecule has 0 saturated heterocycles. The molecule has 0 bridgehead atoms. The molecule has 8 aromatic carbocycles. The zero-order valence-corrected chi connectivity index (χ0v) is 28.5. The Morgan fingerprint density at radius 1 is 0.392 bits per heavy atom. The molecule has 0 atom stereocenters. The average molecular weight is 671 g/mol. The normalized spacial score (nSPS) is 12.0. The lowest BCUT2D eigenvalue weighted by Gasteiger charge is -2.20. The highest BCUT2D eigenvalue weighted by Gasteiger charge is 2.29. The van der Waals surface area contributed by atoms with E-state index in [-0.39, 0.29) is 0 Å². The lowest BCUT2D eigenvalue weighted by Crippen LogP contribution is -2.24. The van der Waals surface area contributed by atoms with Gasteiger partial charge >= 0.3 is 0 Å². The third-order valence-corrected chi connectivity index (χ3v) is 13.3. The number of benzene rings is 8. The minimum atomic E-state index is -3.04. The molecule has 240 valence electrons. The van der Waals surface area contributed by atoms with Crippen molar-refractivity contribution in [3.8, 4) is 22.3 Å². The van der Waals surface area contributed by atoms with Gasteiger partial charge in [-0.15, -0.1) is 0 Å². The van der Waals surface area contributed by atoms with E-state index in [4.69, 9.17) is 4.98 Å². The van der Waals surface area contributed by atoms with Crippen LogP contribution in [0.3, 0.4) is 0 Å². The monoisotopic (exact) mass is 670 g/mol. The number of imidazole rings is 1. The molecular weight excluding hydrogens is 640 g/mol. The van der Waals surface area contributed by atoms with Gasteiger partial charge in [-0.3, -0.25) is 4.40 Å². The summed E-state index contributed by atoms with van der Waals surface area (Å²) in [6.45, 7) is 0. The quantitative estimate of drug-likeness (QED) is 0.135. The van der Waals surface area contributed by atoms with Gasteiger partial charge in [0.1, 0.15) is 5.65 Å². The summed E-state index contributed by atoms with van der Waals surface area (Å²) in [7, 11) is -3.04. The summed E-state index contributed by atoms with van der Waals surface area (Å²) in [5, 5.41) is 8.30. The van der Waals surface area contributed by atoms with Gasteiger partial charge in [-0.25, -0.2) is 4.98 Å². The van der Waals surface area contributed by atoms with Crippen LogP contribution < -0.4 is 15.9 Å².